The summed E-state index contributed by atoms with van der Waals surface area (Å²) in [5, 5.41) is 0. The molecule has 0 saturated carbocycles. The first kappa shape index (κ1) is 15.7. The van der Waals surface area contributed by atoms with Crippen LogP contribution in [0.4, 0.5) is 13.2 Å². The van der Waals surface area contributed by atoms with Crippen molar-refractivity contribution in [3.63, 3.8) is 0 Å². The standard InChI is InChI=1S/C17H19F3O/c1-2-3-4-13-5-7-14(8-6-13)15-9-11-16(12-10-15)21-17(18,19)20/h2,5,9-12,14H,1,3-4,6-8H2. The van der Waals surface area contributed by atoms with E-state index in [0.29, 0.717) is 5.92 Å². The van der Waals surface area contributed by atoms with Gasteiger partial charge in [0.25, 0.3) is 0 Å². The van der Waals surface area contributed by atoms with Gasteiger partial charge >= 0.3 is 6.36 Å². The zero-order valence-corrected chi connectivity index (χ0v) is 11.8. The summed E-state index contributed by atoms with van der Waals surface area (Å²) in [5.74, 6) is 0.224. The molecule has 1 unspecified atom stereocenters. The molecule has 1 atom stereocenters. The molecule has 114 valence electrons. The lowest BCUT2D eigenvalue weighted by Crippen LogP contribution is -2.17. The van der Waals surface area contributed by atoms with Crippen LogP contribution < -0.4 is 4.74 Å². The van der Waals surface area contributed by atoms with Crippen LogP contribution in [0.1, 0.15) is 43.6 Å². The average Bonchev–Trinajstić information content (AvgIpc) is 2.45. The molecule has 0 spiro atoms. The lowest BCUT2D eigenvalue weighted by Gasteiger charge is -2.22. The summed E-state index contributed by atoms with van der Waals surface area (Å²) in [6.45, 7) is 3.72. The van der Waals surface area contributed by atoms with Crippen molar-refractivity contribution in [2.45, 2.75) is 44.4 Å². The van der Waals surface area contributed by atoms with Crippen molar-refractivity contribution in [2.24, 2.45) is 0 Å². The topological polar surface area (TPSA) is 9.23 Å². The Bertz CT molecular complexity index is 500. The Labute approximate surface area is 123 Å². The number of allylic oxidation sites excluding steroid dienone is 3. The van der Waals surface area contributed by atoms with E-state index in [1.54, 1.807) is 12.1 Å². The summed E-state index contributed by atoms with van der Waals surface area (Å²) < 4.78 is 40.2. The molecule has 21 heavy (non-hydrogen) atoms. The van der Waals surface area contributed by atoms with Crippen molar-refractivity contribution < 1.29 is 17.9 Å². The molecule has 0 bridgehead atoms. The van der Waals surface area contributed by atoms with Crippen LogP contribution in [0.15, 0.2) is 48.6 Å². The van der Waals surface area contributed by atoms with Gasteiger partial charge in [0, 0.05) is 0 Å². The Kier molecular flexibility index (Phi) is 5.10. The fourth-order valence-corrected chi connectivity index (χ4v) is 2.65. The Morgan fingerprint density at radius 1 is 1.24 bits per heavy atom. The van der Waals surface area contributed by atoms with E-state index < -0.39 is 6.36 Å². The van der Waals surface area contributed by atoms with Gasteiger partial charge in [-0.15, -0.1) is 19.8 Å². The van der Waals surface area contributed by atoms with Crippen LogP contribution in [0, 0.1) is 0 Å². The molecule has 0 saturated heterocycles. The molecule has 1 nitrogen and oxygen atoms in total. The zero-order valence-electron chi connectivity index (χ0n) is 11.8. The van der Waals surface area contributed by atoms with Crippen LogP contribution in [0.5, 0.6) is 5.75 Å². The van der Waals surface area contributed by atoms with Crippen molar-refractivity contribution in [1.29, 1.82) is 0 Å². The van der Waals surface area contributed by atoms with Gasteiger partial charge in [0.1, 0.15) is 5.75 Å². The summed E-state index contributed by atoms with van der Waals surface area (Å²) in [5.41, 5.74) is 2.53. The molecule has 0 fully saturated rings. The van der Waals surface area contributed by atoms with Gasteiger partial charge in [-0.05, 0) is 55.7 Å². The third-order valence-corrected chi connectivity index (χ3v) is 3.76. The molecule has 1 aromatic rings. The minimum atomic E-state index is -4.63. The maximum absolute atomic E-state index is 12.1. The minimum absolute atomic E-state index is 0.163. The second-order valence-electron chi connectivity index (χ2n) is 5.28. The Morgan fingerprint density at radius 3 is 2.48 bits per heavy atom. The molecule has 0 radical (unpaired) electrons. The number of hydrogen-bond acceptors (Lipinski definition) is 1. The van der Waals surface area contributed by atoms with Gasteiger partial charge < -0.3 is 4.74 Å². The SMILES string of the molecule is C=CCCC1=CCC(c2ccc(OC(F)(F)F)cc2)CC1. The summed E-state index contributed by atoms with van der Waals surface area (Å²) >= 11 is 0. The highest BCUT2D eigenvalue weighted by Crippen LogP contribution is 2.34. The van der Waals surface area contributed by atoms with Gasteiger partial charge in [-0.3, -0.25) is 0 Å². The van der Waals surface area contributed by atoms with Gasteiger partial charge in [0.15, 0.2) is 0 Å². The highest BCUT2D eigenvalue weighted by molar-refractivity contribution is 5.31. The second kappa shape index (κ2) is 6.83. The van der Waals surface area contributed by atoms with Crippen LogP contribution in [0.2, 0.25) is 0 Å². The number of hydrogen-bond donors (Lipinski definition) is 0. The summed E-state index contributed by atoms with van der Waals surface area (Å²) in [7, 11) is 0. The number of alkyl halides is 3. The van der Waals surface area contributed by atoms with Crippen molar-refractivity contribution in [2.75, 3.05) is 0 Å². The summed E-state index contributed by atoms with van der Waals surface area (Å²) in [4.78, 5) is 0. The normalized spacial score (nSPS) is 19.0. The predicted molar refractivity (Wildman–Crippen MR) is 77.2 cm³/mol. The molecule has 0 aliphatic heterocycles. The van der Waals surface area contributed by atoms with E-state index in [-0.39, 0.29) is 5.75 Å². The molecular formula is C17H19F3O. The first-order valence-corrected chi connectivity index (χ1v) is 7.12. The van der Waals surface area contributed by atoms with Crippen molar-refractivity contribution in [1.82, 2.24) is 0 Å². The lowest BCUT2D eigenvalue weighted by molar-refractivity contribution is -0.274. The van der Waals surface area contributed by atoms with Crippen molar-refractivity contribution in [3.05, 3.63) is 54.1 Å². The van der Waals surface area contributed by atoms with E-state index in [4.69, 9.17) is 0 Å². The van der Waals surface area contributed by atoms with Gasteiger partial charge in [-0.1, -0.05) is 29.9 Å². The molecule has 1 aliphatic rings. The maximum Gasteiger partial charge on any atom is 0.573 e. The van der Waals surface area contributed by atoms with Crippen molar-refractivity contribution >= 4 is 0 Å². The van der Waals surface area contributed by atoms with E-state index >= 15 is 0 Å². The van der Waals surface area contributed by atoms with Crippen LogP contribution >= 0.6 is 0 Å². The highest BCUT2D eigenvalue weighted by Gasteiger charge is 2.31. The number of halogens is 3. The second-order valence-corrected chi connectivity index (χ2v) is 5.28. The smallest absolute Gasteiger partial charge is 0.406 e. The molecule has 0 N–H and O–H groups in total. The molecular weight excluding hydrogens is 277 g/mol. The van der Waals surface area contributed by atoms with Gasteiger partial charge in [-0.2, -0.15) is 0 Å². The van der Waals surface area contributed by atoms with E-state index in [0.717, 1.165) is 37.7 Å². The first-order chi connectivity index (χ1) is 9.98. The van der Waals surface area contributed by atoms with Gasteiger partial charge in [0.2, 0.25) is 0 Å². The van der Waals surface area contributed by atoms with Crippen LogP contribution in [0.25, 0.3) is 0 Å². The van der Waals surface area contributed by atoms with Gasteiger partial charge in [0.05, 0.1) is 0 Å². The Balaban J connectivity index is 1.94. The average molecular weight is 296 g/mol. The fraction of sp³-hybridized carbons (Fsp3) is 0.412. The monoisotopic (exact) mass is 296 g/mol. The van der Waals surface area contributed by atoms with Crippen molar-refractivity contribution in [3.8, 4) is 5.75 Å². The molecule has 1 aliphatic carbocycles. The Hall–Kier alpha value is -1.71. The lowest BCUT2D eigenvalue weighted by atomic mass is 9.83. The zero-order chi connectivity index (χ0) is 15.3. The molecule has 1 aromatic carbocycles. The van der Waals surface area contributed by atoms with E-state index in [1.807, 2.05) is 6.08 Å². The predicted octanol–water partition coefficient (Wildman–Crippen LogP) is 5.75. The number of rotatable bonds is 5. The maximum atomic E-state index is 12.1. The molecule has 0 amide bonds. The molecule has 0 aromatic heterocycles. The molecule has 0 heterocycles. The largest absolute Gasteiger partial charge is 0.573 e. The minimum Gasteiger partial charge on any atom is -0.406 e. The molecule has 2 rings (SSSR count). The summed E-state index contributed by atoms with van der Waals surface area (Å²) in [6, 6.07) is 6.24. The summed E-state index contributed by atoms with van der Waals surface area (Å²) in [6.07, 6.45) is 4.67. The first-order valence-electron chi connectivity index (χ1n) is 7.12. The van der Waals surface area contributed by atoms with Crippen LogP contribution in [-0.2, 0) is 0 Å². The third-order valence-electron chi connectivity index (χ3n) is 3.76. The van der Waals surface area contributed by atoms with Crippen LogP contribution in [0.3, 0.4) is 0 Å². The highest BCUT2D eigenvalue weighted by atomic mass is 19.4. The fourth-order valence-electron chi connectivity index (χ4n) is 2.65. The number of benzene rings is 1. The molecule has 4 heteroatoms. The van der Waals surface area contributed by atoms with E-state index in [9.17, 15) is 13.2 Å². The van der Waals surface area contributed by atoms with Gasteiger partial charge in [-0.25, -0.2) is 0 Å². The third kappa shape index (κ3) is 4.96. The Morgan fingerprint density at radius 2 is 1.95 bits per heavy atom. The van der Waals surface area contributed by atoms with E-state index in [2.05, 4.69) is 17.4 Å². The van der Waals surface area contributed by atoms with Crippen LogP contribution in [-0.4, -0.2) is 6.36 Å². The quantitative estimate of drug-likeness (QED) is 0.629. The number of ether oxygens (including phenoxy) is 1. The van der Waals surface area contributed by atoms with E-state index in [1.165, 1.54) is 17.7 Å².